The van der Waals surface area contributed by atoms with Crippen LogP contribution in [0.1, 0.15) is 32.1 Å². The first-order valence-electron chi connectivity index (χ1n) is 6.36. The van der Waals surface area contributed by atoms with Crippen LogP contribution in [0.25, 0.3) is 0 Å². The maximum atomic E-state index is 10.8. The summed E-state index contributed by atoms with van der Waals surface area (Å²) >= 11 is 0. The van der Waals surface area contributed by atoms with Gasteiger partial charge < -0.3 is 15.7 Å². The van der Waals surface area contributed by atoms with Crippen LogP contribution in [0.5, 0.6) is 0 Å². The molecule has 1 aliphatic carbocycles. The van der Waals surface area contributed by atoms with Gasteiger partial charge in [-0.2, -0.15) is 0 Å². The molecule has 0 radical (unpaired) electrons. The van der Waals surface area contributed by atoms with Gasteiger partial charge in [-0.15, -0.1) is 0 Å². The van der Waals surface area contributed by atoms with E-state index in [0.29, 0.717) is 6.04 Å². The minimum Gasteiger partial charge on any atom is -0.481 e. The zero-order valence-corrected chi connectivity index (χ0v) is 9.77. The van der Waals surface area contributed by atoms with Crippen LogP contribution >= 0.6 is 0 Å². The summed E-state index contributed by atoms with van der Waals surface area (Å²) in [7, 11) is 0. The standard InChI is InChI=1S/C12H22N2O2/c13-11-3-1-9(2-4-11)7-14-6-5-10(8-14)12(15)16/h9-11H,1-8,13H2,(H,15,16)/t9?,10-,11?/m1/s1. The molecule has 2 fully saturated rings. The Labute approximate surface area is 96.8 Å². The van der Waals surface area contributed by atoms with Crippen LogP contribution in [0.2, 0.25) is 0 Å². The van der Waals surface area contributed by atoms with Gasteiger partial charge in [-0.05, 0) is 44.6 Å². The van der Waals surface area contributed by atoms with E-state index in [1.807, 2.05) is 0 Å². The fourth-order valence-electron chi connectivity index (χ4n) is 2.94. The Morgan fingerprint density at radius 1 is 1.25 bits per heavy atom. The lowest BCUT2D eigenvalue weighted by Crippen LogP contribution is -2.33. The number of carbonyl (C=O) groups is 1. The van der Waals surface area contributed by atoms with Crippen LogP contribution < -0.4 is 5.73 Å². The van der Waals surface area contributed by atoms with Crippen molar-refractivity contribution in [1.29, 1.82) is 0 Å². The van der Waals surface area contributed by atoms with Crippen molar-refractivity contribution in [2.24, 2.45) is 17.6 Å². The molecule has 0 spiro atoms. The Bertz CT molecular complexity index is 249. The van der Waals surface area contributed by atoms with Gasteiger partial charge in [0.05, 0.1) is 5.92 Å². The Balaban J connectivity index is 1.73. The fraction of sp³-hybridized carbons (Fsp3) is 0.917. The smallest absolute Gasteiger partial charge is 0.307 e. The van der Waals surface area contributed by atoms with Crippen LogP contribution in [-0.2, 0) is 4.79 Å². The van der Waals surface area contributed by atoms with Gasteiger partial charge in [-0.3, -0.25) is 4.79 Å². The first kappa shape index (κ1) is 11.9. The second-order valence-electron chi connectivity index (χ2n) is 5.36. The highest BCUT2D eigenvalue weighted by Crippen LogP contribution is 2.26. The average Bonchev–Trinajstić information content (AvgIpc) is 2.70. The molecule has 3 N–H and O–H groups in total. The first-order valence-corrected chi connectivity index (χ1v) is 6.36. The Kier molecular flexibility index (Phi) is 3.82. The molecule has 92 valence electrons. The van der Waals surface area contributed by atoms with E-state index in [0.717, 1.165) is 44.8 Å². The Morgan fingerprint density at radius 2 is 1.94 bits per heavy atom. The zero-order chi connectivity index (χ0) is 11.5. The molecule has 0 amide bonds. The number of nitrogens with zero attached hydrogens (tertiary/aromatic N) is 1. The Hall–Kier alpha value is -0.610. The van der Waals surface area contributed by atoms with Crippen LogP contribution in [0, 0.1) is 11.8 Å². The van der Waals surface area contributed by atoms with Gasteiger partial charge in [-0.25, -0.2) is 0 Å². The lowest BCUT2D eigenvalue weighted by Gasteiger charge is -2.29. The molecule has 0 aromatic heterocycles. The molecule has 1 atom stereocenters. The highest BCUT2D eigenvalue weighted by atomic mass is 16.4. The van der Waals surface area contributed by atoms with E-state index in [4.69, 9.17) is 10.8 Å². The molecule has 4 heteroatoms. The zero-order valence-electron chi connectivity index (χ0n) is 9.77. The summed E-state index contributed by atoms with van der Waals surface area (Å²) in [5, 5.41) is 8.93. The minimum atomic E-state index is -0.631. The van der Waals surface area contributed by atoms with E-state index in [1.165, 1.54) is 12.8 Å². The van der Waals surface area contributed by atoms with Crippen molar-refractivity contribution in [2.75, 3.05) is 19.6 Å². The van der Waals surface area contributed by atoms with Gasteiger partial charge in [0, 0.05) is 19.1 Å². The molecule has 1 saturated heterocycles. The normalized spacial score (nSPS) is 36.4. The minimum absolute atomic E-state index is 0.133. The largest absolute Gasteiger partial charge is 0.481 e. The maximum absolute atomic E-state index is 10.8. The Morgan fingerprint density at radius 3 is 2.50 bits per heavy atom. The number of carboxylic acid groups (broad SMARTS) is 1. The number of likely N-dealkylation sites (tertiary alicyclic amines) is 1. The van der Waals surface area contributed by atoms with E-state index in [9.17, 15) is 4.79 Å². The molecule has 2 aliphatic rings. The quantitative estimate of drug-likeness (QED) is 0.750. The van der Waals surface area contributed by atoms with Gasteiger partial charge in [0.25, 0.3) is 0 Å². The predicted molar refractivity (Wildman–Crippen MR) is 62.1 cm³/mol. The van der Waals surface area contributed by atoms with Crippen molar-refractivity contribution in [3.8, 4) is 0 Å². The third-order valence-electron chi connectivity index (χ3n) is 4.03. The number of nitrogens with two attached hydrogens (primary N) is 1. The molecule has 1 aliphatic heterocycles. The van der Waals surface area contributed by atoms with Gasteiger partial charge in [0.15, 0.2) is 0 Å². The number of rotatable bonds is 3. The molecule has 0 aromatic carbocycles. The number of hydrogen-bond acceptors (Lipinski definition) is 3. The molecule has 0 unspecified atom stereocenters. The summed E-state index contributed by atoms with van der Waals surface area (Å²) in [5.41, 5.74) is 5.88. The summed E-state index contributed by atoms with van der Waals surface area (Å²) in [6.45, 7) is 2.79. The van der Waals surface area contributed by atoms with Crippen molar-refractivity contribution in [3.63, 3.8) is 0 Å². The third-order valence-corrected chi connectivity index (χ3v) is 4.03. The van der Waals surface area contributed by atoms with Crippen molar-refractivity contribution < 1.29 is 9.90 Å². The van der Waals surface area contributed by atoms with E-state index < -0.39 is 5.97 Å². The van der Waals surface area contributed by atoms with Crippen molar-refractivity contribution >= 4 is 5.97 Å². The molecular weight excluding hydrogens is 204 g/mol. The second kappa shape index (κ2) is 5.15. The molecule has 0 bridgehead atoms. The van der Waals surface area contributed by atoms with Gasteiger partial charge in [-0.1, -0.05) is 0 Å². The van der Waals surface area contributed by atoms with Gasteiger partial charge in [0.1, 0.15) is 0 Å². The highest BCUT2D eigenvalue weighted by Gasteiger charge is 2.30. The summed E-state index contributed by atoms with van der Waals surface area (Å²) in [4.78, 5) is 13.2. The summed E-state index contributed by atoms with van der Waals surface area (Å²) < 4.78 is 0. The second-order valence-corrected chi connectivity index (χ2v) is 5.36. The van der Waals surface area contributed by atoms with Gasteiger partial charge >= 0.3 is 5.97 Å². The highest BCUT2D eigenvalue weighted by molar-refractivity contribution is 5.70. The van der Waals surface area contributed by atoms with Crippen molar-refractivity contribution in [3.05, 3.63) is 0 Å². The van der Waals surface area contributed by atoms with E-state index in [2.05, 4.69) is 4.90 Å². The lowest BCUT2D eigenvalue weighted by molar-refractivity contribution is -0.141. The maximum Gasteiger partial charge on any atom is 0.307 e. The SMILES string of the molecule is NC1CCC(CN2CC[C@@H](C(=O)O)C2)CC1. The van der Waals surface area contributed by atoms with E-state index in [-0.39, 0.29) is 5.92 Å². The monoisotopic (exact) mass is 226 g/mol. The topological polar surface area (TPSA) is 66.6 Å². The lowest BCUT2D eigenvalue weighted by atomic mass is 9.86. The molecule has 0 aromatic rings. The summed E-state index contributed by atoms with van der Waals surface area (Å²) in [5.74, 6) is -0.0219. The molecule has 4 nitrogen and oxygen atoms in total. The first-order chi connectivity index (χ1) is 7.65. The molecular formula is C12H22N2O2. The molecule has 1 saturated carbocycles. The van der Waals surface area contributed by atoms with Crippen molar-refractivity contribution in [1.82, 2.24) is 4.90 Å². The summed E-state index contributed by atoms with van der Waals surface area (Å²) in [6, 6.07) is 0.404. The number of carboxylic acids is 1. The number of hydrogen-bond donors (Lipinski definition) is 2. The molecule has 1 heterocycles. The molecule has 2 rings (SSSR count). The third kappa shape index (κ3) is 2.95. The predicted octanol–water partition coefficient (Wildman–Crippen LogP) is 0.910. The van der Waals surface area contributed by atoms with Crippen LogP contribution in [-0.4, -0.2) is 41.7 Å². The van der Waals surface area contributed by atoms with Crippen LogP contribution in [0.3, 0.4) is 0 Å². The van der Waals surface area contributed by atoms with E-state index in [1.54, 1.807) is 0 Å². The number of aliphatic carboxylic acids is 1. The van der Waals surface area contributed by atoms with Crippen LogP contribution in [0.4, 0.5) is 0 Å². The van der Waals surface area contributed by atoms with E-state index >= 15 is 0 Å². The average molecular weight is 226 g/mol. The summed E-state index contributed by atoms with van der Waals surface area (Å²) in [6.07, 6.45) is 5.54. The van der Waals surface area contributed by atoms with Crippen LogP contribution in [0.15, 0.2) is 0 Å². The van der Waals surface area contributed by atoms with Gasteiger partial charge in [0.2, 0.25) is 0 Å². The fourth-order valence-corrected chi connectivity index (χ4v) is 2.94. The van der Waals surface area contributed by atoms with Crippen molar-refractivity contribution in [2.45, 2.75) is 38.1 Å². The molecule has 16 heavy (non-hydrogen) atoms.